The van der Waals surface area contributed by atoms with Crippen molar-refractivity contribution in [3.05, 3.63) is 65.5 Å². The fourth-order valence-electron chi connectivity index (χ4n) is 1.99. The molecular weight excluding hydrogens is 283 g/mol. The molecule has 2 aromatic carbocycles. The first-order valence-corrected chi connectivity index (χ1v) is 6.81. The molecule has 0 aliphatic rings. The Morgan fingerprint density at radius 2 is 1.82 bits per heavy atom. The van der Waals surface area contributed by atoms with Gasteiger partial charge in [-0.25, -0.2) is 4.39 Å². The van der Waals surface area contributed by atoms with Crippen LogP contribution < -0.4 is 5.32 Å². The fourth-order valence-corrected chi connectivity index (χ4v) is 1.99. The number of benzene rings is 2. The number of nitrogens with one attached hydrogen (secondary N) is 1. The quantitative estimate of drug-likeness (QED) is 0.864. The van der Waals surface area contributed by atoms with Gasteiger partial charge in [-0.3, -0.25) is 9.59 Å². The Bertz CT molecular complexity index is 699. The van der Waals surface area contributed by atoms with E-state index in [2.05, 4.69) is 5.32 Å². The smallest absolute Gasteiger partial charge is 0.258 e. The van der Waals surface area contributed by atoms with Crippen LogP contribution in [-0.4, -0.2) is 37.2 Å². The number of nitrogens with zero attached hydrogens (tertiary/aromatic N) is 1. The van der Waals surface area contributed by atoms with Crippen LogP contribution in [0.3, 0.4) is 0 Å². The van der Waals surface area contributed by atoms with Gasteiger partial charge in [0, 0.05) is 11.3 Å². The Labute approximate surface area is 128 Å². The van der Waals surface area contributed by atoms with E-state index in [9.17, 15) is 14.0 Å². The molecule has 0 heterocycles. The van der Waals surface area contributed by atoms with Crippen LogP contribution in [0.5, 0.6) is 0 Å². The van der Waals surface area contributed by atoms with Gasteiger partial charge in [0.1, 0.15) is 5.82 Å². The van der Waals surface area contributed by atoms with E-state index in [0.717, 1.165) is 0 Å². The first-order valence-electron chi connectivity index (χ1n) is 6.81. The van der Waals surface area contributed by atoms with Crippen LogP contribution in [0.1, 0.15) is 20.7 Å². The van der Waals surface area contributed by atoms with Crippen LogP contribution >= 0.6 is 0 Å². The average Bonchev–Trinajstić information content (AvgIpc) is 2.47. The minimum Gasteiger partial charge on any atom is -0.322 e. The SMILES string of the molecule is CN(C)CC(=O)c1cccc(NC(=O)c2ccccc2F)c1. The predicted molar refractivity (Wildman–Crippen MR) is 83.7 cm³/mol. The normalized spacial score (nSPS) is 10.5. The van der Waals surface area contributed by atoms with Crippen molar-refractivity contribution in [1.82, 2.24) is 4.90 Å². The zero-order valence-electron chi connectivity index (χ0n) is 12.5. The minimum atomic E-state index is -0.583. The monoisotopic (exact) mass is 300 g/mol. The molecule has 0 atom stereocenters. The molecule has 0 bridgehead atoms. The second kappa shape index (κ2) is 6.95. The highest BCUT2D eigenvalue weighted by Crippen LogP contribution is 2.14. The number of carbonyl (C=O) groups excluding carboxylic acids is 2. The van der Waals surface area contributed by atoms with E-state index >= 15 is 0 Å². The summed E-state index contributed by atoms with van der Waals surface area (Å²) in [6.07, 6.45) is 0. The van der Waals surface area contributed by atoms with E-state index in [1.807, 2.05) is 14.1 Å². The van der Waals surface area contributed by atoms with E-state index < -0.39 is 11.7 Å². The number of carbonyl (C=O) groups is 2. The van der Waals surface area contributed by atoms with Gasteiger partial charge < -0.3 is 10.2 Å². The number of ketones is 1. The molecule has 4 nitrogen and oxygen atoms in total. The fraction of sp³-hybridized carbons (Fsp3) is 0.176. The summed E-state index contributed by atoms with van der Waals surface area (Å²) in [6, 6.07) is 12.4. The lowest BCUT2D eigenvalue weighted by Gasteiger charge is -2.10. The Morgan fingerprint density at radius 3 is 2.50 bits per heavy atom. The van der Waals surface area contributed by atoms with Gasteiger partial charge in [-0.2, -0.15) is 0 Å². The summed E-state index contributed by atoms with van der Waals surface area (Å²) in [4.78, 5) is 25.8. The minimum absolute atomic E-state index is 0.0347. The van der Waals surface area contributed by atoms with Crippen LogP contribution in [0.2, 0.25) is 0 Å². The summed E-state index contributed by atoms with van der Waals surface area (Å²) in [5.41, 5.74) is 0.922. The van der Waals surface area contributed by atoms with Gasteiger partial charge in [-0.15, -0.1) is 0 Å². The van der Waals surface area contributed by atoms with E-state index in [0.29, 0.717) is 11.3 Å². The lowest BCUT2D eigenvalue weighted by atomic mass is 10.1. The van der Waals surface area contributed by atoms with E-state index in [-0.39, 0.29) is 17.9 Å². The molecule has 0 aliphatic carbocycles. The molecule has 0 unspecified atom stereocenters. The topological polar surface area (TPSA) is 49.4 Å². The van der Waals surface area contributed by atoms with Crippen molar-refractivity contribution in [1.29, 1.82) is 0 Å². The van der Waals surface area contributed by atoms with Crippen molar-refractivity contribution in [3.63, 3.8) is 0 Å². The van der Waals surface area contributed by atoms with E-state index in [1.54, 1.807) is 35.2 Å². The van der Waals surface area contributed by atoms with E-state index in [4.69, 9.17) is 0 Å². The Hall–Kier alpha value is -2.53. The largest absolute Gasteiger partial charge is 0.322 e. The molecule has 0 aliphatic heterocycles. The summed E-state index contributed by atoms with van der Waals surface area (Å²) in [7, 11) is 3.61. The highest BCUT2D eigenvalue weighted by atomic mass is 19.1. The van der Waals surface area contributed by atoms with Crippen molar-refractivity contribution < 1.29 is 14.0 Å². The zero-order chi connectivity index (χ0) is 16.1. The number of anilines is 1. The highest BCUT2D eigenvalue weighted by molar-refractivity contribution is 6.05. The van der Waals surface area contributed by atoms with Crippen LogP contribution in [0.15, 0.2) is 48.5 Å². The maximum Gasteiger partial charge on any atom is 0.258 e. The first kappa shape index (κ1) is 15.9. The van der Waals surface area contributed by atoms with Crippen molar-refractivity contribution in [2.24, 2.45) is 0 Å². The molecular formula is C17H17FN2O2. The summed E-state index contributed by atoms with van der Waals surface area (Å²) in [5.74, 6) is -1.18. The van der Waals surface area contributed by atoms with Gasteiger partial charge in [0.05, 0.1) is 12.1 Å². The number of hydrogen-bond acceptors (Lipinski definition) is 3. The van der Waals surface area contributed by atoms with Gasteiger partial charge in [0.25, 0.3) is 5.91 Å². The van der Waals surface area contributed by atoms with Gasteiger partial charge in [0.15, 0.2) is 5.78 Å². The molecule has 114 valence electrons. The van der Waals surface area contributed by atoms with Crippen molar-refractivity contribution >= 4 is 17.4 Å². The van der Waals surface area contributed by atoms with Crippen LogP contribution in [0.4, 0.5) is 10.1 Å². The highest BCUT2D eigenvalue weighted by Gasteiger charge is 2.12. The molecule has 0 aromatic heterocycles. The molecule has 0 fully saturated rings. The number of Topliss-reactive ketones (excluding diaryl/α,β-unsaturated/α-hetero) is 1. The van der Waals surface area contributed by atoms with Crippen LogP contribution in [0, 0.1) is 5.82 Å². The molecule has 1 amide bonds. The molecule has 2 aromatic rings. The second-order valence-corrected chi connectivity index (χ2v) is 5.18. The second-order valence-electron chi connectivity index (χ2n) is 5.18. The predicted octanol–water partition coefficient (Wildman–Crippen LogP) is 2.82. The molecule has 1 N–H and O–H groups in total. The van der Waals surface area contributed by atoms with Crippen molar-refractivity contribution in [2.45, 2.75) is 0 Å². The van der Waals surface area contributed by atoms with Crippen LogP contribution in [-0.2, 0) is 0 Å². The Balaban J connectivity index is 2.15. The lowest BCUT2D eigenvalue weighted by Crippen LogP contribution is -2.22. The maximum atomic E-state index is 13.6. The molecule has 22 heavy (non-hydrogen) atoms. The first-order chi connectivity index (χ1) is 10.5. The summed E-state index contributed by atoms with van der Waals surface area (Å²) in [5, 5.41) is 2.60. The third kappa shape index (κ3) is 3.99. The number of amides is 1. The van der Waals surface area contributed by atoms with Crippen molar-refractivity contribution in [3.8, 4) is 0 Å². The molecule has 2 rings (SSSR count). The van der Waals surface area contributed by atoms with Gasteiger partial charge in [0.2, 0.25) is 0 Å². The number of halogens is 1. The summed E-state index contributed by atoms with van der Waals surface area (Å²) < 4.78 is 13.6. The van der Waals surface area contributed by atoms with E-state index in [1.165, 1.54) is 18.2 Å². The Kier molecular flexibility index (Phi) is 5.01. The maximum absolute atomic E-state index is 13.6. The van der Waals surface area contributed by atoms with Gasteiger partial charge in [-0.05, 0) is 38.4 Å². The molecule has 0 radical (unpaired) electrons. The molecule has 0 spiro atoms. The van der Waals surface area contributed by atoms with Crippen molar-refractivity contribution in [2.75, 3.05) is 26.0 Å². The van der Waals surface area contributed by atoms with Gasteiger partial charge >= 0.3 is 0 Å². The number of hydrogen-bond donors (Lipinski definition) is 1. The lowest BCUT2D eigenvalue weighted by molar-refractivity contribution is 0.0956. The molecule has 0 saturated carbocycles. The van der Waals surface area contributed by atoms with Crippen LogP contribution in [0.25, 0.3) is 0 Å². The van der Waals surface area contributed by atoms with Gasteiger partial charge in [-0.1, -0.05) is 24.3 Å². The third-order valence-corrected chi connectivity index (χ3v) is 3.02. The average molecular weight is 300 g/mol. The standard InChI is InChI=1S/C17H17FN2O2/c1-20(2)11-16(21)12-6-5-7-13(10-12)19-17(22)14-8-3-4-9-15(14)18/h3-10H,11H2,1-2H3,(H,19,22). The molecule has 5 heteroatoms. The number of likely N-dealkylation sites (N-methyl/N-ethyl adjacent to an activating group) is 1. The molecule has 0 saturated heterocycles. The zero-order valence-corrected chi connectivity index (χ0v) is 12.5. The summed E-state index contributed by atoms with van der Waals surface area (Å²) >= 11 is 0. The third-order valence-electron chi connectivity index (χ3n) is 3.02. The number of rotatable bonds is 5. The summed E-state index contributed by atoms with van der Waals surface area (Å²) in [6.45, 7) is 0.282. The Morgan fingerprint density at radius 1 is 1.09 bits per heavy atom.